The summed E-state index contributed by atoms with van der Waals surface area (Å²) < 4.78 is 8.04. The Morgan fingerprint density at radius 1 is 0.960 bits per heavy atom. The summed E-state index contributed by atoms with van der Waals surface area (Å²) in [5, 5.41) is 3.24. The van der Waals surface area contributed by atoms with Gasteiger partial charge in [-0.05, 0) is 42.0 Å². The molecule has 2 heterocycles. The number of nitrogens with zero attached hydrogens (tertiary/aromatic N) is 3. The van der Waals surface area contributed by atoms with Crippen molar-refractivity contribution in [1.82, 2.24) is 9.66 Å². The number of hydrogen-bond acceptors (Lipinski definition) is 3. The van der Waals surface area contributed by atoms with E-state index in [2.05, 4.69) is 51.2 Å². The molecule has 0 spiro atoms. The second kappa shape index (κ2) is 6.69. The average Bonchev–Trinajstić information content (AvgIpc) is 3.10. The zero-order valence-corrected chi connectivity index (χ0v) is 14.0. The van der Waals surface area contributed by atoms with Crippen molar-refractivity contribution in [1.29, 1.82) is 0 Å². The highest BCUT2D eigenvalue weighted by Gasteiger charge is 2.08. The van der Waals surface area contributed by atoms with Crippen LogP contribution in [0, 0.1) is 0 Å². The first-order chi connectivity index (χ1) is 12.3. The number of benzene rings is 2. The zero-order chi connectivity index (χ0) is 17.1. The summed E-state index contributed by atoms with van der Waals surface area (Å²) in [7, 11) is 2.04. The van der Waals surface area contributed by atoms with Crippen molar-refractivity contribution in [3.8, 4) is 5.75 Å². The maximum absolute atomic E-state index is 5.92. The standard InChI is InChI=1S/C21H19N3O/c1-23(19-9-12-22-13-10-19)24-14-11-18-15-20(7-8-21(18)24)25-16-17-5-3-2-4-6-17/h2-15H,16H2,1H3. The summed E-state index contributed by atoms with van der Waals surface area (Å²) in [5.41, 5.74) is 3.38. The molecule has 2 aromatic heterocycles. The number of anilines is 1. The maximum atomic E-state index is 5.92. The van der Waals surface area contributed by atoms with Gasteiger partial charge in [-0.2, -0.15) is 0 Å². The van der Waals surface area contributed by atoms with Gasteiger partial charge in [0.2, 0.25) is 0 Å². The topological polar surface area (TPSA) is 30.3 Å². The third-order valence-corrected chi connectivity index (χ3v) is 4.25. The summed E-state index contributed by atoms with van der Waals surface area (Å²) in [6.07, 6.45) is 5.66. The highest BCUT2D eigenvalue weighted by Crippen LogP contribution is 2.24. The number of rotatable bonds is 5. The molecule has 0 aliphatic carbocycles. The molecule has 25 heavy (non-hydrogen) atoms. The maximum Gasteiger partial charge on any atom is 0.120 e. The van der Waals surface area contributed by atoms with Crippen LogP contribution in [0.3, 0.4) is 0 Å². The second-order valence-corrected chi connectivity index (χ2v) is 5.88. The van der Waals surface area contributed by atoms with Crippen molar-refractivity contribution in [3.05, 3.63) is 90.9 Å². The first-order valence-electron chi connectivity index (χ1n) is 8.23. The van der Waals surface area contributed by atoms with Gasteiger partial charge in [0.1, 0.15) is 12.4 Å². The van der Waals surface area contributed by atoms with Crippen molar-refractivity contribution in [3.63, 3.8) is 0 Å². The van der Waals surface area contributed by atoms with Crippen LogP contribution < -0.4 is 9.75 Å². The summed E-state index contributed by atoms with van der Waals surface area (Å²) in [6.45, 7) is 0.573. The second-order valence-electron chi connectivity index (χ2n) is 5.88. The molecule has 0 unspecified atom stereocenters. The van der Waals surface area contributed by atoms with Crippen molar-refractivity contribution in [2.45, 2.75) is 6.61 Å². The molecule has 0 fully saturated rings. The van der Waals surface area contributed by atoms with Gasteiger partial charge in [-0.1, -0.05) is 30.3 Å². The van der Waals surface area contributed by atoms with E-state index in [0.29, 0.717) is 6.61 Å². The van der Waals surface area contributed by atoms with E-state index in [1.165, 1.54) is 0 Å². The molecule has 124 valence electrons. The molecule has 4 heteroatoms. The molecule has 0 bridgehead atoms. The van der Waals surface area contributed by atoms with E-state index in [0.717, 1.165) is 27.9 Å². The Hall–Kier alpha value is -3.27. The van der Waals surface area contributed by atoms with E-state index >= 15 is 0 Å². The molecule has 0 amide bonds. The summed E-state index contributed by atoms with van der Waals surface area (Å²) in [4.78, 5) is 4.08. The van der Waals surface area contributed by atoms with Gasteiger partial charge in [-0.3, -0.25) is 14.7 Å². The largest absolute Gasteiger partial charge is 0.489 e. The molecule has 0 aliphatic rings. The van der Waals surface area contributed by atoms with Crippen molar-refractivity contribution < 1.29 is 4.74 Å². The lowest BCUT2D eigenvalue weighted by molar-refractivity contribution is 0.306. The Labute approximate surface area is 146 Å². The van der Waals surface area contributed by atoms with Crippen LogP contribution in [-0.2, 0) is 6.61 Å². The van der Waals surface area contributed by atoms with Crippen LogP contribution in [0.1, 0.15) is 5.56 Å². The van der Waals surface area contributed by atoms with Crippen LogP contribution >= 0.6 is 0 Å². The fourth-order valence-electron chi connectivity index (χ4n) is 2.88. The smallest absolute Gasteiger partial charge is 0.120 e. The lowest BCUT2D eigenvalue weighted by Gasteiger charge is -2.21. The molecule has 4 nitrogen and oxygen atoms in total. The number of hydrogen-bond donors (Lipinski definition) is 0. The summed E-state index contributed by atoms with van der Waals surface area (Å²) >= 11 is 0. The normalized spacial score (nSPS) is 10.8. The first kappa shape index (κ1) is 15.3. The Morgan fingerprint density at radius 2 is 1.76 bits per heavy atom. The molecular formula is C21H19N3O. The van der Waals surface area contributed by atoms with Gasteiger partial charge in [0, 0.05) is 31.0 Å². The minimum atomic E-state index is 0.573. The van der Waals surface area contributed by atoms with Gasteiger partial charge >= 0.3 is 0 Å². The highest BCUT2D eigenvalue weighted by atomic mass is 16.5. The fraction of sp³-hybridized carbons (Fsp3) is 0.0952. The third-order valence-electron chi connectivity index (χ3n) is 4.25. The van der Waals surface area contributed by atoms with Crippen LogP contribution in [0.15, 0.2) is 85.3 Å². The molecule has 4 rings (SSSR count). The van der Waals surface area contributed by atoms with Gasteiger partial charge in [0.25, 0.3) is 0 Å². The Bertz CT molecular complexity index is 964. The molecule has 4 aromatic rings. The first-order valence-corrected chi connectivity index (χ1v) is 8.23. The molecule has 0 radical (unpaired) electrons. The van der Waals surface area contributed by atoms with E-state index in [9.17, 15) is 0 Å². The predicted octanol–water partition coefficient (Wildman–Crippen LogP) is 4.51. The highest BCUT2D eigenvalue weighted by molar-refractivity contribution is 5.82. The molecule has 0 saturated heterocycles. The number of fused-ring (bicyclic) bond motifs is 1. The number of ether oxygens (including phenoxy) is 1. The molecule has 2 aromatic carbocycles. The van der Waals surface area contributed by atoms with E-state index < -0.39 is 0 Å². The lowest BCUT2D eigenvalue weighted by Crippen LogP contribution is -2.23. The Morgan fingerprint density at radius 3 is 2.56 bits per heavy atom. The van der Waals surface area contributed by atoms with Crippen molar-refractivity contribution in [2.75, 3.05) is 12.1 Å². The number of aromatic nitrogens is 2. The molecular weight excluding hydrogens is 310 g/mol. The zero-order valence-electron chi connectivity index (χ0n) is 14.0. The summed E-state index contributed by atoms with van der Waals surface area (Å²) in [6, 6.07) is 22.5. The van der Waals surface area contributed by atoms with Crippen molar-refractivity contribution >= 4 is 16.6 Å². The monoisotopic (exact) mass is 329 g/mol. The Kier molecular flexibility index (Phi) is 4.09. The summed E-state index contributed by atoms with van der Waals surface area (Å²) in [5.74, 6) is 0.876. The molecule has 0 N–H and O–H groups in total. The number of pyridine rings is 1. The quantitative estimate of drug-likeness (QED) is 0.539. The molecule has 0 saturated carbocycles. The van der Waals surface area contributed by atoms with Crippen molar-refractivity contribution in [2.24, 2.45) is 0 Å². The SMILES string of the molecule is CN(c1ccncc1)n1ccc2cc(OCc3ccccc3)ccc21. The average molecular weight is 329 g/mol. The van der Waals surface area contributed by atoms with Crippen LogP contribution in [0.25, 0.3) is 10.9 Å². The fourth-order valence-corrected chi connectivity index (χ4v) is 2.88. The van der Waals surface area contributed by atoms with Crippen LogP contribution in [0.5, 0.6) is 5.75 Å². The van der Waals surface area contributed by atoms with E-state index in [1.54, 1.807) is 12.4 Å². The lowest BCUT2D eigenvalue weighted by atomic mass is 10.2. The van der Waals surface area contributed by atoms with Gasteiger partial charge in [0.05, 0.1) is 11.2 Å². The van der Waals surface area contributed by atoms with Crippen LogP contribution in [-0.4, -0.2) is 16.7 Å². The minimum absolute atomic E-state index is 0.573. The predicted molar refractivity (Wildman–Crippen MR) is 101 cm³/mol. The van der Waals surface area contributed by atoms with E-state index in [-0.39, 0.29) is 0 Å². The van der Waals surface area contributed by atoms with Gasteiger partial charge < -0.3 is 4.74 Å². The van der Waals surface area contributed by atoms with Gasteiger partial charge in [-0.15, -0.1) is 0 Å². The van der Waals surface area contributed by atoms with Gasteiger partial charge in [0.15, 0.2) is 0 Å². The molecule has 0 atom stereocenters. The van der Waals surface area contributed by atoms with E-state index in [4.69, 9.17) is 4.74 Å². The molecule has 0 aliphatic heterocycles. The van der Waals surface area contributed by atoms with Crippen LogP contribution in [0.4, 0.5) is 5.69 Å². The third kappa shape index (κ3) is 3.19. The van der Waals surface area contributed by atoms with Crippen LogP contribution in [0.2, 0.25) is 0 Å². The van der Waals surface area contributed by atoms with Gasteiger partial charge in [-0.25, -0.2) is 0 Å². The van der Waals surface area contributed by atoms with E-state index in [1.807, 2.05) is 43.4 Å². The Balaban J connectivity index is 1.57. The minimum Gasteiger partial charge on any atom is -0.489 e.